The minimum absolute atomic E-state index is 0.0459. The fourth-order valence-corrected chi connectivity index (χ4v) is 3.22. The zero-order valence-electron chi connectivity index (χ0n) is 15.3. The Morgan fingerprint density at radius 1 is 1.14 bits per heavy atom. The van der Waals surface area contributed by atoms with Crippen molar-refractivity contribution in [2.75, 3.05) is 44.6 Å². The van der Waals surface area contributed by atoms with Crippen LogP contribution in [-0.4, -0.2) is 56.0 Å². The molecule has 0 bridgehead atoms. The first-order valence-corrected chi connectivity index (χ1v) is 9.42. The van der Waals surface area contributed by atoms with Crippen LogP contribution in [0.3, 0.4) is 0 Å². The van der Waals surface area contributed by atoms with Gasteiger partial charge in [-0.1, -0.05) is 23.7 Å². The summed E-state index contributed by atoms with van der Waals surface area (Å²) < 4.78 is 18.7. The van der Waals surface area contributed by atoms with E-state index in [0.29, 0.717) is 42.6 Å². The van der Waals surface area contributed by atoms with E-state index in [1.165, 1.54) is 12.1 Å². The summed E-state index contributed by atoms with van der Waals surface area (Å²) in [6.07, 6.45) is 0. The van der Waals surface area contributed by atoms with Gasteiger partial charge in [-0.3, -0.25) is 9.59 Å². The van der Waals surface area contributed by atoms with E-state index in [1.54, 1.807) is 41.3 Å². The van der Waals surface area contributed by atoms with Crippen LogP contribution in [0.5, 0.6) is 5.75 Å². The van der Waals surface area contributed by atoms with Gasteiger partial charge in [0.2, 0.25) is 0 Å². The molecule has 2 aromatic rings. The molecule has 2 N–H and O–H groups in total. The van der Waals surface area contributed by atoms with Gasteiger partial charge in [-0.15, -0.1) is 0 Å². The van der Waals surface area contributed by atoms with Crippen molar-refractivity contribution in [3.63, 3.8) is 0 Å². The number of nitrogens with zero attached hydrogens (tertiary/aromatic N) is 1. The van der Waals surface area contributed by atoms with Gasteiger partial charge < -0.3 is 19.9 Å². The summed E-state index contributed by atoms with van der Waals surface area (Å²) in [6.45, 7) is 2.67. The molecule has 1 fully saturated rings. The maximum atomic E-state index is 13.2. The van der Waals surface area contributed by atoms with Crippen LogP contribution in [0.25, 0.3) is 0 Å². The highest BCUT2D eigenvalue weighted by Gasteiger charge is 2.25. The first-order chi connectivity index (χ1) is 13.5. The molecule has 148 valence electrons. The lowest BCUT2D eigenvalue weighted by Crippen LogP contribution is -3.15. The van der Waals surface area contributed by atoms with Crippen LogP contribution in [-0.2, 0) is 9.59 Å². The number of piperazine rings is 1. The molecular weight excluding hydrogens is 385 g/mol. The van der Waals surface area contributed by atoms with Crippen molar-refractivity contribution in [3.8, 4) is 5.75 Å². The molecule has 2 aromatic carbocycles. The Kier molecular flexibility index (Phi) is 6.84. The van der Waals surface area contributed by atoms with Gasteiger partial charge in [-0.25, -0.2) is 4.39 Å². The first kappa shape index (κ1) is 20.1. The van der Waals surface area contributed by atoms with Crippen LogP contribution >= 0.6 is 11.6 Å². The van der Waals surface area contributed by atoms with E-state index in [-0.39, 0.29) is 25.0 Å². The van der Waals surface area contributed by atoms with Crippen LogP contribution in [0, 0.1) is 5.82 Å². The lowest BCUT2D eigenvalue weighted by molar-refractivity contribution is -0.895. The molecule has 0 atom stereocenters. The van der Waals surface area contributed by atoms with E-state index < -0.39 is 5.82 Å². The Hall–Kier alpha value is -2.64. The van der Waals surface area contributed by atoms with E-state index in [2.05, 4.69) is 5.32 Å². The average molecular weight is 407 g/mol. The molecule has 2 amide bonds. The van der Waals surface area contributed by atoms with Crippen LogP contribution < -0.4 is 15.0 Å². The molecule has 8 heteroatoms. The van der Waals surface area contributed by atoms with Crippen molar-refractivity contribution in [1.29, 1.82) is 0 Å². The molecule has 0 aliphatic carbocycles. The first-order valence-electron chi connectivity index (χ1n) is 9.05. The summed E-state index contributed by atoms with van der Waals surface area (Å²) in [7, 11) is 0. The molecule has 3 rings (SSSR count). The summed E-state index contributed by atoms with van der Waals surface area (Å²) >= 11 is 5.90. The smallest absolute Gasteiger partial charge is 0.279 e. The van der Waals surface area contributed by atoms with Gasteiger partial charge in [-0.05, 0) is 36.4 Å². The summed E-state index contributed by atoms with van der Waals surface area (Å²) in [5.41, 5.74) is 0.441. The summed E-state index contributed by atoms with van der Waals surface area (Å²) in [5.74, 6) is -0.107. The fourth-order valence-electron chi connectivity index (χ4n) is 3.04. The molecule has 0 unspecified atom stereocenters. The van der Waals surface area contributed by atoms with E-state index in [0.717, 1.165) is 4.90 Å². The van der Waals surface area contributed by atoms with Crippen molar-refractivity contribution in [1.82, 2.24) is 4.90 Å². The second-order valence-corrected chi connectivity index (χ2v) is 7.05. The topological polar surface area (TPSA) is 63.1 Å². The van der Waals surface area contributed by atoms with Gasteiger partial charge in [-0.2, -0.15) is 0 Å². The lowest BCUT2D eigenvalue weighted by Gasteiger charge is -2.31. The number of nitrogens with one attached hydrogen (secondary N) is 2. The zero-order valence-corrected chi connectivity index (χ0v) is 16.0. The van der Waals surface area contributed by atoms with Gasteiger partial charge in [0.25, 0.3) is 11.8 Å². The van der Waals surface area contributed by atoms with Crippen LogP contribution in [0.1, 0.15) is 0 Å². The monoisotopic (exact) mass is 406 g/mol. The van der Waals surface area contributed by atoms with Crippen molar-refractivity contribution >= 4 is 29.1 Å². The van der Waals surface area contributed by atoms with Gasteiger partial charge in [0.1, 0.15) is 11.6 Å². The number of ether oxygens (including phenoxy) is 1. The molecule has 1 aliphatic rings. The average Bonchev–Trinajstić information content (AvgIpc) is 2.67. The number of carbonyl (C=O) groups excluding carboxylic acids is 2. The van der Waals surface area contributed by atoms with Crippen LogP contribution in [0.4, 0.5) is 10.1 Å². The predicted octanol–water partition coefficient (Wildman–Crippen LogP) is 1.22. The molecule has 0 aromatic heterocycles. The number of hydrogen-bond acceptors (Lipinski definition) is 3. The Balaban J connectivity index is 1.40. The molecule has 0 saturated carbocycles. The lowest BCUT2D eigenvalue weighted by atomic mass is 10.3. The number of carbonyl (C=O) groups is 2. The van der Waals surface area contributed by atoms with Gasteiger partial charge in [0.15, 0.2) is 13.2 Å². The normalized spacial score (nSPS) is 14.6. The van der Waals surface area contributed by atoms with Gasteiger partial charge in [0, 0.05) is 10.7 Å². The van der Waals surface area contributed by atoms with E-state index >= 15 is 0 Å². The highest BCUT2D eigenvalue weighted by Crippen LogP contribution is 2.17. The number of rotatable bonds is 6. The second-order valence-electron chi connectivity index (χ2n) is 6.61. The van der Waals surface area contributed by atoms with Crippen molar-refractivity contribution in [2.45, 2.75) is 0 Å². The number of hydrogen-bond donors (Lipinski definition) is 2. The number of quaternary nitrogens is 1. The summed E-state index contributed by atoms with van der Waals surface area (Å²) in [4.78, 5) is 27.2. The Bertz CT molecular complexity index is 841. The van der Waals surface area contributed by atoms with Gasteiger partial charge in [0.05, 0.1) is 26.2 Å². The predicted molar refractivity (Wildman–Crippen MR) is 104 cm³/mol. The van der Waals surface area contributed by atoms with E-state index in [1.807, 2.05) is 0 Å². The SMILES string of the molecule is O=C(C[NH+]1CCN(C(=O)COc2cccc(Cl)c2)CC1)Nc1cccc(F)c1. The second kappa shape index (κ2) is 9.52. The molecule has 1 aliphatic heterocycles. The Morgan fingerprint density at radius 3 is 2.61 bits per heavy atom. The zero-order chi connectivity index (χ0) is 19.9. The Morgan fingerprint density at radius 2 is 1.89 bits per heavy atom. The van der Waals surface area contributed by atoms with E-state index in [9.17, 15) is 14.0 Å². The molecule has 0 spiro atoms. The van der Waals surface area contributed by atoms with Crippen molar-refractivity contribution in [2.24, 2.45) is 0 Å². The highest BCUT2D eigenvalue weighted by molar-refractivity contribution is 6.30. The number of halogens is 2. The standard InChI is InChI=1S/C20H21ClFN3O3/c21-15-3-1-6-18(11-15)28-14-20(27)25-9-7-24(8-10-25)13-19(26)23-17-5-2-4-16(22)12-17/h1-6,11-12H,7-10,13-14H2,(H,23,26)/p+1. The minimum Gasteiger partial charge on any atom is -0.484 e. The van der Waals surface area contributed by atoms with E-state index in [4.69, 9.17) is 16.3 Å². The third-order valence-corrected chi connectivity index (χ3v) is 4.74. The van der Waals surface area contributed by atoms with Crippen molar-refractivity contribution in [3.05, 3.63) is 59.4 Å². The Labute approximate surface area is 167 Å². The maximum Gasteiger partial charge on any atom is 0.279 e. The third kappa shape index (κ3) is 5.94. The molecule has 1 heterocycles. The molecule has 6 nitrogen and oxygen atoms in total. The molecular formula is C20H22ClFN3O3+. The fraction of sp³-hybridized carbons (Fsp3) is 0.300. The van der Waals surface area contributed by atoms with Crippen LogP contribution in [0.15, 0.2) is 48.5 Å². The largest absolute Gasteiger partial charge is 0.484 e. The molecule has 28 heavy (non-hydrogen) atoms. The van der Waals surface area contributed by atoms with Gasteiger partial charge >= 0.3 is 0 Å². The van der Waals surface area contributed by atoms with Crippen molar-refractivity contribution < 1.29 is 23.6 Å². The third-order valence-electron chi connectivity index (χ3n) is 4.50. The number of anilines is 1. The number of amides is 2. The quantitative estimate of drug-likeness (QED) is 0.758. The molecule has 1 saturated heterocycles. The van der Waals surface area contributed by atoms with Crippen LogP contribution in [0.2, 0.25) is 5.02 Å². The molecule has 0 radical (unpaired) electrons. The highest BCUT2D eigenvalue weighted by atomic mass is 35.5. The maximum absolute atomic E-state index is 13.2. The summed E-state index contributed by atoms with van der Waals surface area (Å²) in [6, 6.07) is 12.7. The summed E-state index contributed by atoms with van der Waals surface area (Å²) in [5, 5.41) is 3.25. The minimum atomic E-state index is -0.391. The number of benzene rings is 2.